The summed E-state index contributed by atoms with van der Waals surface area (Å²) in [7, 11) is 3.28. The second-order valence-corrected chi connectivity index (χ2v) is 5.49. The van der Waals surface area contributed by atoms with Crippen LogP contribution in [0.25, 0.3) is 0 Å². The number of hydrogen-bond donors (Lipinski definition) is 1. The van der Waals surface area contributed by atoms with Gasteiger partial charge in [-0.2, -0.15) is 0 Å². The fourth-order valence-electron chi connectivity index (χ4n) is 2.79. The third-order valence-corrected chi connectivity index (χ3v) is 4.25. The van der Waals surface area contributed by atoms with Crippen LogP contribution in [0, 0.1) is 0 Å². The van der Waals surface area contributed by atoms with Gasteiger partial charge in [-0.15, -0.1) is 0 Å². The number of amides is 1. The summed E-state index contributed by atoms with van der Waals surface area (Å²) >= 11 is 6.27. The average Bonchev–Trinajstić information content (AvgIpc) is 3.01. The van der Waals surface area contributed by atoms with Crippen LogP contribution in [-0.4, -0.2) is 51.2 Å². The summed E-state index contributed by atoms with van der Waals surface area (Å²) in [6.07, 6.45) is -0.0916. The van der Waals surface area contributed by atoms with E-state index in [2.05, 4.69) is 5.32 Å². The van der Waals surface area contributed by atoms with Gasteiger partial charge in [0.2, 0.25) is 0 Å². The molecule has 112 valence electrons. The minimum absolute atomic E-state index is 0.0458. The van der Waals surface area contributed by atoms with E-state index in [1.165, 1.54) is 6.07 Å². The maximum absolute atomic E-state index is 11.7. The number of carbonyl (C=O) groups excluding carboxylic acids is 2. The summed E-state index contributed by atoms with van der Waals surface area (Å²) in [6, 6.07) is 3.26. The molecule has 1 aromatic rings. The molecule has 2 atom stereocenters. The van der Waals surface area contributed by atoms with Crippen LogP contribution >= 0.6 is 11.6 Å². The second-order valence-electron chi connectivity index (χ2n) is 5.09. The Hall–Kier alpha value is -1.63. The highest BCUT2D eigenvalue weighted by atomic mass is 35.5. The van der Waals surface area contributed by atoms with Gasteiger partial charge >= 0.3 is 0 Å². The van der Waals surface area contributed by atoms with Crippen molar-refractivity contribution in [1.29, 1.82) is 0 Å². The number of ketones is 1. The van der Waals surface area contributed by atoms with Crippen molar-refractivity contribution in [3.05, 3.63) is 22.7 Å². The molecule has 0 saturated carbocycles. The lowest BCUT2D eigenvalue weighted by molar-refractivity contribution is -0.112. The number of methoxy groups -OCH3 is 2. The predicted octanol–water partition coefficient (Wildman–Crippen LogP) is 1.32. The predicted molar refractivity (Wildman–Crippen MR) is 78.2 cm³/mol. The Labute approximate surface area is 127 Å². The first-order valence-corrected chi connectivity index (χ1v) is 6.92. The summed E-state index contributed by atoms with van der Waals surface area (Å²) in [6.45, 7) is 1.27. The Morgan fingerprint density at radius 1 is 1.19 bits per heavy atom. The lowest BCUT2D eigenvalue weighted by Crippen LogP contribution is -2.27. The van der Waals surface area contributed by atoms with Crippen LogP contribution < -0.4 is 10.2 Å². The summed E-state index contributed by atoms with van der Waals surface area (Å²) in [4.78, 5) is 25.1. The molecule has 3 rings (SSSR count). The molecule has 1 fully saturated rings. The Bertz CT molecular complexity index is 607. The van der Waals surface area contributed by atoms with Gasteiger partial charge in [-0.05, 0) is 12.1 Å². The molecule has 1 amide bonds. The fraction of sp³-hybridized carbons (Fsp3) is 0.429. The molecule has 21 heavy (non-hydrogen) atoms. The van der Waals surface area contributed by atoms with Gasteiger partial charge < -0.3 is 19.7 Å². The number of nitrogens with zero attached hydrogens (tertiary/aromatic N) is 1. The Morgan fingerprint density at radius 2 is 1.81 bits per heavy atom. The monoisotopic (exact) mass is 310 g/mol. The Kier molecular flexibility index (Phi) is 3.61. The zero-order valence-electron chi connectivity index (χ0n) is 11.7. The summed E-state index contributed by atoms with van der Waals surface area (Å²) in [5.41, 5.74) is 1.57. The zero-order chi connectivity index (χ0) is 15.1. The molecule has 0 bridgehead atoms. The summed E-state index contributed by atoms with van der Waals surface area (Å²) in [5, 5.41) is 2.99. The molecule has 1 saturated heterocycles. The van der Waals surface area contributed by atoms with Crippen LogP contribution in [0.2, 0.25) is 5.02 Å². The van der Waals surface area contributed by atoms with Crippen molar-refractivity contribution < 1.29 is 19.1 Å². The van der Waals surface area contributed by atoms with Crippen LogP contribution in [0.4, 0.5) is 11.4 Å². The Balaban J connectivity index is 1.93. The number of halogens is 1. The number of fused-ring (bicyclic) bond motifs is 1. The molecule has 0 aromatic heterocycles. The number of nitrogens with one attached hydrogen (secondary N) is 1. The maximum Gasteiger partial charge on any atom is 0.296 e. The number of ether oxygens (including phenoxy) is 2. The molecule has 1 aromatic carbocycles. The lowest BCUT2D eigenvalue weighted by Gasteiger charge is -2.20. The van der Waals surface area contributed by atoms with Gasteiger partial charge in [-0.3, -0.25) is 9.59 Å². The van der Waals surface area contributed by atoms with Crippen molar-refractivity contribution >= 4 is 34.7 Å². The van der Waals surface area contributed by atoms with E-state index in [0.717, 1.165) is 5.69 Å². The van der Waals surface area contributed by atoms with E-state index in [1.807, 2.05) is 4.90 Å². The second kappa shape index (κ2) is 5.29. The standard InChI is InChI=1S/C14H15ClN2O4/c1-20-11-5-17(6-12(11)21-2)10-4-9-7(3-8(10)15)13(18)14(19)16-9/h3-4,11-12H,5-6H2,1-2H3,(H,16,18,19). The summed E-state index contributed by atoms with van der Waals surface area (Å²) < 4.78 is 10.8. The molecule has 2 heterocycles. The molecule has 2 unspecified atom stereocenters. The van der Waals surface area contributed by atoms with Crippen LogP contribution in [-0.2, 0) is 14.3 Å². The molecule has 0 spiro atoms. The summed E-state index contributed by atoms with van der Waals surface area (Å²) in [5.74, 6) is -1.17. The van der Waals surface area contributed by atoms with Crippen molar-refractivity contribution in [2.75, 3.05) is 37.5 Å². The van der Waals surface area contributed by atoms with E-state index >= 15 is 0 Å². The molecule has 2 aliphatic rings. The van der Waals surface area contributed by atoms with Crippen LogP contribution in [0.3, 0.4) is 0 Å². The molecular weight excluding hydrogens is 296 g/mol. The highest BCUT2D eigenvalue weighted by molar-refractivity contribution is 6.52. The van der Waals surface area contributed by atoms with Crippen LogP contribution in [0.5, 0.6) is 0 Å². The van der Waals surface area contributed by atoms with Crippen molar-refractivity contribution in [1.82, 2.24) is 0 Å². The van der Waals surface area contributed by atoms with Crippen LogP contribution in [0.15, 0.2) is 12.1 Å². The highest BCUT2D eigenvalue weighted by Gasteiger charge is 2.35. The first-order chi connectivity index (χ1) is 10.0. The van der Waals surface area contributed by atoms with Gasteiger partial charge in [0.1, 0.15) is 12.2 Å². The van der Waals surface area contributed by atoms with Gasteiger partial charge in [0.15, 0.2) is 0 Å². The molecule has 0 aliphatic carbocycles. The van der Waals surface area contributed by atoms with E-state index < -0.39 is 11.7 Å². The zero-order valence-corrected chi connectivity index (χ0v) is 12.4. The molecular formula is C14H15ClN2O4. The van der Waals surface area contributed by atoms with Crippen molar-refractivity contribution in [3.63, 3.8) is 0 Å². The van der Waals surface area contributed by atoms with Crippen molar-refractivity contribution in [2.24, 2.45) is 0 Å². The first-order valence-electron chi connectivity index (χ1n) is 6.55. The smallest absolute Gasteiger partial charge is 0.296 e. The number of Topliss-reactive ketones (excluding diaryl/α,β-unsaturated/α-hetero) is 1. The van der Waals surface area contributed by atoms with Crippen molar-refractivity contribution in [2.45, 2.75) is 12.2 Å². The molecule has 1 N–H and O–H groups in total. The van der Waals surface area contributed by atoms with E-state index in [-0.39, 0.29) is 12.2 Å². The quantitative estimate of drug-likeness (QED) is 0.853. The van der Waals surface area contributed by atoms with Gasteiger partial charge in [0.25, 0.3) is 11.7 Å². The van der Waals surface area contributed by atoms with E-state index in [0.29, 0.717) is 29.4 Å². The first kappa shape index (κ1) is 14.3. The van der Waals surface area contributed by atoms with Gasteiger partial charge in [-0.1, -0.05) is 11.6 Å². The number of benzene rings is 1. The molecule has 6 nitrogen and oxygen atoms in total. The topological polar surface area (TPSA) is 67.9 Å². The molecule has 7 heteroatoms. The minimum Gasteiger partial charge on any atom is -0.377 e. The third-order valence-electron chi connectivity index (χ3n) is 3.95. The fourth-order valence-corrected chi connectivity index (χ4v) is 3.07. The molecule has 2 aliphatic heterocycles. The van der Waals surface area contributed by atoms with Gasteiger partial charge in [0.05, 0.1) is 22.0 Å². The normalized spacial score (nSPS) is 24.4. The minimum atomic E-state index is -0.621. The number of hydrogen-bond acceptors (Lipinski definition) is 5. The number of rotatable bonds is 3. The van der Waals surface area contributed by atoms with E-state index in [4.69, 9.17) is 21.1 Å². The van der Waals surface area contributed by atoms with E-state index in [1.54, 1.807) is 20.3 Å². The average molecular weight is 311 g/mol. The van der Waals surface area contributed by atoms with E-state index in [9.17, 15) is 9.59 Å². The van der Waals surface area contributed by atoms with Crippen molar-refractivity contribution in [3.8, 4) is 0 Å². The van der Waals surface area contributed by atoms with Gasteiger partial charge in [0, 0.05) is 27.3 Å². The number of carbonyl (C=O) groups is 2. The molecule has 0 radical (unpaired) electrons. The Morgan fingerprint density at radius 3 is 2.38 bits per heavy atom. The SMILES string of the molecule is COC1CN(c2cc3c(cc2Cl)C(=O)C(=O)N3)CC1OC. The maximum atomic E-state index is 11.7. The van der Waals surface area contributed by atoms with Gasteiger partial charge in [-0.25, -0.2) is 0 Å². The third kappa shape index (κ3) is 2.29. The number of anilines is 2. The lowest BCUT2D eigenvalue weighted by atomic mass is 10.1. The van der Waals surface area contributed by atoms with Crippen LogP contribution in [0.1, 0.15) is 10.4 Å². The largest absolute Gasteiger partial charge is 0.377 e. The highest BCUT2D eigenvalue weighted by Crippen LogP contribution is 2.37.